The van der Waals surface area contributed by atoms with Crippen LogP contribution in [-0.2, 0) is 11.8 Å². The number of carbonyl (C=O) groups is 1. The second kappa shape index (κ2) is 11.6. The molecule has 4 aliphatic rings. The van der Waals surface area contributed by atoms with E-state index in [9.17, 15) is 9.90 Å². The van der Waals surface area contributed by atoms with E-state index in [0.717, 1.165) is 74.5 Å². The zero-order chi connectivity index (χ0) is 27.9. The van der Waals surface area contributed by atoms with E-state index in [-0.39, 0.29) is 17.2 Å². The van der Waals surface area contributed by atoms with Gasteiger partial charge in [0.2, 0.25) is 0 Å². The van der Waals surface area contributed by atoms with E-state index < -0.39 is 6.10 Å². The summed E-state index contributed by atoms with van der Waals surface area (Å²) in [5, 5.41) is 12.2. The number of halogens is 1. The van der Waals surface area contributed by atoms with Crippen molar-refractivity contribution in [2.45, 2.75) is 75.6 Å². The van der Waals surface area contributed by atoms with Gasteiger partial charge in [0.15, 0.2) is 0 Å². The highest BCUT2D eigenvalue weighted by Crippen LogP contribution is 2.47. The highest BCUT2D eigenvalue weighted by molar-refractivity contribution is 7.98. The number of rotatable bonds is 2. The van der Waals surface area contributed by atoms with Gasteiger partial charge in [0.1, 0.15) is 5.75 Å². The fourth-order valence-corrected chi connectivity index (χ4v) is 8.49. The number of hydrogen-bond donors (Lipinski definition) is 2. The van der Waals surface area contributed by atoms with Crippen LogP contribution in [0.3, 0.4) is 0 Å². The Labute approximate surface area is 247 Å². The van der Waals surface area contributed by atoms with Crippen LogP contribution in [0.5, 0.6) is 5.75 Å². The number of allylic oxidation sites excluding steroid dienone is 1. The fourth-order valence-electron chi connectivity index (χ4n) is 7.17. The zero-order valence-electron chi connectivity index (χ0n) is 23.6. The van der Waals surface area contributed by atoms with Crippen molar-refractivity contribution in [2.75, 3.05) is 24.6 Å². The van der Waals surface area contributed by atoms with Crippen molar-refractivity contribution in [3.05, 3.63) is 70.3 Å². The summed E-state index contributed by atoms with van der Waals surface area (Å²) in [6.45, 7) is 6.71. The van der Waals surface area contributed by atoms with Crippen LogP contribution >= 0.6 is 23.5 Å². The topological polar surface area (TPSA) is 61.8 Å². The lowest BCUT2D eigenvalue weighted by Crippen LogP contribution is -2.47. The van der Waals surface area contributed by atoms with Crippen molar-refractivity contribution in [3.8, 4) is 5.75 Å². The molecule has 2 aliphatic heterocycles. The summed E-state index contributed by atoms with van der Waals surface area (Å²) in [5.74, 6) is 1.98. The van der Waals surface area contributed by atoms with Gasteiger partial charge in [-0.25, -0.2) is 0 Å². The number of ether oxygens (including phenoxy) is 1. The maximum absolute atomic E-state index is 13.4. The van der Waals surface area contributed by atoms with E-state index in [4.69, 9.17) is 16.3 Å². The van der Waals surface area contributed by atoms with Crippen LogP contribution < -0.4 is 14.4 Å². The third kappa shape index (κ3) is 5.64. The Balaban J connectivity index is 1.35. The summed E-state index contributed by atoms with van der Waals surface area (Å²) in [4.78, 5) is 15.8. The molecule has 1 saturated carbocycles. The standard InChI is InChI=1S/C33H41ClN2O3S/c1-21(2)15-26-5-3-4-6-30(37)27-10-7-24(27)18-36-19-33(14-13-22-16-25(34)9-11-28(22)33)20-39-31-12-8-23(17-29(31)36)32(38)35-40-26/h4,6,8-9,11-12,16-17,21,24,26-27,30,37H,3,5,7,10,13-15,18-20H2,1-2H3,(H,35,38)/b6-4+/t24?,26-,27?,30?,33?/m0/s1. The van der Waals surface area contributed by atoms with Gasteiger partial charge in [-0.2, -0.15) is 0 Å². The Bertz CT molecular complexity index is 1280. The van der Waals surface area contributed by atoms with Crippen molar-refractivity contribution in [1.29, 1.82) is 0 Å². The molecule has 0 aromatic heterocycles. The number of amides is 1. The molecule has 2 aliphatic carbocycles. The van der Waals surface area contributed by atoms with Crippen molar-refractivity contribution >= 4 is 35.1 Å². The van der Waals surface area contributed by atoms with Crippen LogP contribution in [-0.4, -0.2) is 42.1 Å². The van der Waals surface area contributed by atoms with E-state index in [0.29, 0.717) is 29.3 Å². The number of carbonyl (C=O) groups excluding carboxylic acids is 1. The molecule has 2 aromatic rings. The lowest BCUT2D eigenvalue weighted by Gasteiger charge is -2.43. The van der Waals surface area contributed by atoms with Crippen LogP contribution in [0.2, 0.25) is 5.02 Å². The van der Waals surface area contributed by atoms with E-state index in [1.807, 2.05) is 30.3 Å². The molecule has 40 heavy (non-hydrogen) atoms. The van der Waals surface area contributed by atoms with Crippen LogP contribution in [0.25, 0.3) is 0 Å². The molecule has 2 heterocycles. The van der Waals surface area contributed by atoms with Crippen molar-refractivity contribution in [3.63, 3.8) is 0 Å². The number of benzene rings is 2. The number of fused-ring (bicyclic) bond motifs is 4. The number of aliphatic hydroxyl groups is 1. The van der Waals surface area contributed by atoms with Gasteiger partial charge in [-0.15, -0.1) is 0 Å². The molecule has 0 radical (unpaired) electrons. The van der Waals surface area contributed by atoms with E-state index in [1.54, 1.807) is 11.9 Å². The first-order chi connectivity index (χ1) is 19.3. The van der Waals surface area contributed by atoms with Crippen LogP contribution in [0.15, 0.2) is 48.6 Å². The molecule has 214 valence electrons. The molecule has 2 aromatic carbocycles. The first-order valence-electron chi connectivity index (χ1n) is 14.9. The van der Waals surface area contributed by atoms with Crippen LogP contribution in [0, 0.1) is 17.8 Å². The normalized spacial score (nSPS) is 31.0. The van der Waals surface area contributed by atoms with Crippen molar-refractivity contribution in [2.24, 2.45) is 17.8 Å². The van der Waals surface area contributed by atoms with Gasteiger partial charge in [-0.05, 0) is 116 Å². The predicted octanol–water partition coefficient (Wildman–Crippen LogP) is 6.95. The summed E-state index contributed by atoms with van der Waals surface area (Å²) in [6, 6.07) is 12.2. The largest absolute Gasteiger partial charge is 0.490 e. The molecule has 2 N–H and O–H groups in total. The quantitative estimate of drug-likeness (QED) is 0.297. The molecular weight excluding hydrogens is 540 g/mol. The highest BCUT2D eigenvalue weighted by Gasteiger charge is 2.45. The van der Waals surface area contributed by atoms with Crippen molar-refractivity contribution in [1.82, 2.24) is 4.72 Å². The van der Waals surface area contributed by atoms with Gasteiger partial charge >= 0.3 is 0 Å². The fraction of sp³-hybridized carbons (Fsp3) is 0.545. The Kier molecular flexibility index (Phi) is 8.13. The number of nitrogens with one attached hydrogen (secondary N) is 1. The molecule has 5 nitrogen and oxygen atoms in total. The minimum atomic E-state index is -0.417. The minimum Gasteiger partial charge on any atom is -0.490 e. The second-order valence-electron chi connectivity index (χ2n) is 12.7. The van der Waals surface area contributed by atoms with Gasteiger partial charge < -0.3 is 14.7 Å². The zero-order valence-corrected chi connectivity index (χ0v) is 25.1. The second-order valence-corrected chi connectivity index (χ2v) is 14.3. The van der Waals surface area contributed by atoms with E-state index >= 15 is 0 Å². The van der Waals surface area contributed by atoms with Crippen molar-refractivity contribution < 1.29 is 14.6 Å². The first-order valence-corrected chi connectivity index (χ1v) is 16.2. The monoisotopic (exact) mass is 580 g/mol. The van der Waals surface area contributed by atoms with Gasteiger partial charge in [0, 0.05) is 34.3 Å². The Morgan fingerprint density at radius 2 is 2.08 bits per heavy atom. The Hall–Kier alpha value is -2.15. The number of nitrogens with zero attached hydrogens (tertiary/aromatic N) is 1. The first kappa shape index (κ1) is 28.0. The molecule has 1 amide bonds. The average Bonchev–Trinajstić information content (AvgIpc) is 3.17. The Morgan fingerprint density at radius 1 is 1.20 bits per heavy atom. The number of aryl methyl sites for hydroxylation is 1. The molecule has 1 spiro atoms. The summed E-state index contributed by atoms with van der Waals surface area (Å²) < 4.78 is 9.71. The summed E-state index contributed by atoms with van der Waals surface area (Å²) in [7, 11) is 0. The van der Waals surface area contributed by atoms with E-state index in [2.05, 4.69) is 41.7 Å². The third-order valence-electron chi connectivity index (χ3n) is 9.48. The van der Waals surface area contributed by atoms with Gasteiger partial charge in [0.05, 0.1) is 18.4 Å². The van der Waals surface area contributed by atoms with Crippen LogP contribution in [0.1, 0.15) is 73.9 Å². The molecule has 1 fully saturated rings. The summed E-state index contributed by atoms with van der Waals surface area (Å²) >= 11 is 7.90. The average molecular weight is 581 g/mol. The molecule has 7 heteroatoms. The molecule has 0 saturated heterocycles. The smallest absolute Gasteiger partial charge is 0.261 e. The maximum atomic E-state index is 13.4. The lowest BCUT2D eigenvalue weighted by molar-refractivity contribution is 0.0457. The van der Waals surface area contributed by atoms with E-state index in [1.165, 1.54) is 11.1 Å². The maximum Gasteiger partial charge on any atom is 0.261 e. The van der Waals surface area contributed by atoms with Gasteiger partial charge in [0.25, 0.3) is 5.91 Å². The SMILES string of the molecule is CC(C)C[C@@H]1CC/C=C/C(O)C2CCC2CN2CC3(CCc4cc(Cl)ccc43)COc3ccc(cc32)C(=O)NS1. The minimum absolute atomic E-state index is 0.0547. The summed E-state index contributed by atoms with van der Waals surface area (Å²) in [6.07, 6.45) is 10.8. The lowest BCUT2D eigenvalue weighted by atomic mass is 9.70. The number of aliphatic hydroxyl groups excluding tert-OH is 1. The number of hydrogen-bond acceptors (Lipinski definition) is 5. The predicted molar refractivity (Wildman–Crippen MR) is 164 cm³/mol. The third-order valence-corrected chi connectivity index (χ3v) is 10.8. The van der Waals surface area contributed by atoms with Gasteiger partial charge in [-0.3, -0.25) is 9.52 Å². The molecule has 5 atom stereocenters. The molecule has 6 rings (SSSR count). The summed E-state index contributed by atoms with van der Waals surface area (Å²) in [5.41, 5.74) is 4.15. The molecular formula is C33H41ClN2O3S. The van der Waals surface area contributed by atoms with Crippen LogP contribution in [0.4, 0.5) is 5.69 Å². The Morgan fingerprint density at radius 3 is 2.88 bits per heavy atom. The number of anilines is 1. The molecule has 4 unspecified atom stereocenters. The highest BCUT2D eigenvalue weighted by atomic mass is 35.5. The molecule has 2 bridgehead atoms. The van der Waals surface area contributed by atoms with Gasteiger partial charge in [-0.1, -0.05) is 43.7 Å².